The summed E-state index contributed by atoms with van der Waals surface area (Å²) in [5.74, 6) is -0.759. The number of esters is 1. The summed E-state index contributed by atoms with van der Waals surface area (Å²) >= 11 is 3.38. The van der Waals surface area contributed by atoms with Crippen molar-refractivity contribution < 1.29 is 19.1 Å². The number of nitrogens with zero attached hydrogens (tertiary/aromatic N) is 1. The number of carbonyl (C=O) groups is 3. The number of nitrogens with two attached hydrogens (primary N) is 1. The van der Waals surface area contributed by atoms with Gasteiger partial charge in [-0.05, 0) is 53.8 Å². The Morgan fingerprint density at radius 1 is 1.43 bits per heavy atom. The molecule has 0 spiro atoms. The van der Waals surface area contributed by atoms with E-state index in [1.54, 1.807) is 19.1 Å². The molecule has 1 aromatic rings. The van der Waals surface area contributed by atoms with Gasteiger partial charge in [0.05, 0.1) is 17.5 Å². The number of imide groups is 1. The van der Waals surface area contributed by atoms with Gasteiger partial charge >= 0.3 is 5.97 Å². The molecule has 124 valence electrons. The van der Waals surface area contributed by atoms with E-state index in [9.17, 15) is 14.4 Å². The molecule has 0 aliphatic carbocycles. The van der Waals surface area contributed by atoms with Crippen molar-refractivity contribution in [3.05, 3.63) is 27.8 Å². The lowest BCUT2D eigenvalue weighted by Gasteiger charge is -2.16. The van der Waals surface area contributed by atoms with Crippen molar-refractivity contribution in [2.45, 2.75) is 24.6 Å². The largest absolute Gasteiger partial charge is 0.465 e. The zero-order valence-corrected chi connectivity index (χ0v) is 15.5. The van der Waals surface area contributed by atoms with E-state index in [4.69, 9.17) is 10.5 Å². The van der Waals surface area contributed by atoms with Gasteiger partial charge in [-0.15, -0.1) is 11.8 Å². The lowest BCUT2D eigenvalue weighted by atomic mass is 10.3. The predicted molar refractivity (Wildman–Crippen MR) is 97.1 cm³/mol. The number of carbonyl (C=O) groups excluding carboxylic acids is 3. The quantitative estimate of drug-likeness (QED) is 0.404. The van der Waals surface area contributed by atoms with Crippen molar-refractivity contribution in [3.8, 4) is 0 Å². The van der Waals surface area contributed by atoms with Gasteiger partial charge in [-0.25, -0.2) is 4.90 Å². The molecule has 1 aromatic carbocycles. The van der Waals surface area contributed by atoms with Gasteiger partial charge < -0.3 is 10.5 Å². The van der Waals surface area contributed by atoms with Crippen LogP contribution in [0.2, 0.25) is 0 Å². The third-order valence-electron chi connectivity index (χ3n) is 3.26. The number of halogens is 1. The number of rotatable bonds is 6. The first-order chi connectivity index (χ1) is 10.9. The fourth-order valence-corrected chi connectivity index (χ4v) is 3.58. The van der Waals surface area contributed by atoms with E-state index < -0.39 is 17.3 Å². The summed E-state index contributed by atoms with van der Waals surface area (Å²) in [6, 6.07) is 6.38. The lowest BCUT2D eigenvalue weighted by molar-refractivity contribution is -0.144. The Morgan fingerprint density at radius 2 is 2.09 bits per heavy atom. The number of ether oxygens (including phenoxy) is 1. The first-order valence-electron chi connectivity index (χ1n) is 7.10. The molecule has 0 saturated carbocycles. The highest BCUT2D eigenvalue weighted by Gasteiger charge is 2.40. The van der Waals surface area contributed by atoms with E-state index in [2.05, 4.69) is 22.6 Å². The van der Waals surface area contributed by atoms with E-state index >= 15 is 0 Å². The molecule has 0 bridgehead atoms. The van der Waals surface area contributed by atoms with E-state index in [0.717, 1.165) is 3.57 Å². The van der Waals surface area contributed by atoms with Crippen LogP contribution in [0.5, 0.6) is 0 Å². The van der Waals surface area contributed by atoms with Gasteiger partial charge in [0.25, 0.3) is 0 Å². The molecule has 0 radical (unpaired) electrons. The van der Waals surface area contributed by atoms with Crippen molar-refractivity contribution >= 4 is 57.8 Å². The first-order valence-corrected chi connectivity index (χ1v) is 9.23. The lowest BCUT2D eigenvalue weighted by Crippen LogP contribution is -2.36. The summed E-state index contributed by atoms with van der Waals surface area (Å²) in [5.41, 5.74) is 6.29. The smallest absolute Gasteiger partial charge is 0.323 e. The summed E-state index contributed by atoms with van der Waals surface area (Å²) < 4.78 is 5.85. The third kappa shape index (κ3) is 4.45. The van der Waals surface area contributed by atoms with E-state index in [1.807, 2.05) is 12.1 Å². The maximum Gasteiger partial charge on any atom is 0.323 e. The average Bonchev–Trinajstić information content (AvgIpc) is 2.80. The average molecular weight is 448 g/mol. The molecular formula is C15H17IN2O4S. The topological polar surface area (TPSA) is 89.7 Å². The fraction of sp³-hybridized carbons (Fsp3) is 0.400. The Morgan fingerprint density at radius 3 is 2.70 bits per heavy atom. The molecule has 2 N–H and O–H groups in total. The third-order valence-corrected chi connectivity index (χ3v) is 5.30. The fourth-order valence-electron chi connectivity index (χ4n) is 2.13. The molecule has 2 amide bonds. The van der Waals surface area contributed by atoms with Crippen LogP contribution in [0.3, 0.4) is 0 Å². The van der Waals surface area contributed by atoms with E-state index in [-0.39, 0.29) is 30.6 Å². The highest BCUT2D eigenvalue weighted by molar-refractivity contribution is 14.1. The standard InChI is InChI=1S/C15H17IN2O4S/c1-2-22-15(21)11(17)8-23-12-7-13(19)18(14(12)20)10-5-3-9(16)4-6-10/h3-6,11-12H,2,7-8,17H2,1H3/t11-,12-/m0/s1. The highest BCUT2D eigenvalue weighted by Crippen LogP contribution is 2.30. The maximum atomic E-state index is 12.4. The van der Waals surface area contributed by atoms with Gasteiger partial charge in [-0.1, -0.05) is 0 Å². The van der Waals surface area contributed by atoms with Gasteiger partial charge in [-0.2, -0.15) is 0 Å². The second kappa shape index (κ2) is 8.11. The molecule has 23 heavy (non-hydrogen) atoms. The van der Waals surface area contributed by atoms with Crippen LogP contribution in [-0.4, -0.2) is 41.4 Å². The number of benzene rings is 1. The minimum atomic E-state index is -0.796. The maximum absolute atomic E-state index is 12.4. The summed E-state index contributed by atoms with van der Waals surface area (Å²) in [4.78, 5) is 37.2. The van der Waals surface area contributed by atoms with Crippen LogP contribution in [-0.2, 0) is 19.1 Å². The number of hydrogen-bond donors (Lipinski definition) is 1. The van der Waals surface area contributed by atoms with Gasteiger partial charge in [0.1, 0.15) is 6.04 Å². The van der Waals surface area contributed by atoms with Crippen molar-refractivity contribution in [3.63, 3.8) is 0 Å². The SMILES string of the molecule is CCOC(=O)[C@@H](N)CS[C@H]1CC(=O)N(c2ccc(I)cc2)C1=O. The van der Waals surface area contributed by atoms with Crippen molar-refractivity contribution in [1.82, 2.24) is 0 Å². The summed E-state index contributed by atoms with van der Waals surface area (Å²) in [5, 5.41) is -0.512. The predicted octanol–water partition coefficient (Wildman–Crippen LogP) is 1.55. The molecule has 0 aromatic heterocycles. The summed E-state index contributed by atoms with van der Waals surface area (Å²) in [7, 11) is 0. The van der Waals surface area contributed by atoms with Gasteiger partial charge in [0.2, 0.25) is 11.8 Å². The number of amides is 2. The highest BCUT2D eigenvalue weighted by atomic mass is 127. The van der Waals surface area contributed by atoms with Crippen LogP contribution >= 0.6 is 34.4 Å². The molecule has 2 rings (SSSR count). The van der Waals surface area contributed by atoms with Gasteiger partial charge in [0.15, 0.2) is 0 Å². The first kappa shape index (κ1) is 18.2. The van der Waals surface area contributed by atoms with Crippen LogP contribution in [0.15, 0.2) is 24.3 Å². The molecule has 2 atom stereocenters. The van der Waals surface area contributed by atoms with Crippen LogP contribution in [0.1, 0.15) is 13.3 Å². The number of anilines is 1. The molecule has 0 unspecified atom stereocenters. The van der Waals surface area contributed by atoms with Crippen LogP contribution in [0.4, 0.5) is 5.69 Å². The minimum Gasteiger partial charge on any atom is -0.465 e. The van der Waals surface area contributed by atoms with Gasteiger partial charge in [-0.3, -0.25) is 14.4 Å². The molecule has 6 nitrogen and oxygen atoms in total. The number of thioether (sulfide) groups is 1. The zero-order chi connectivity index (χ0) is 17.0. The van der Waals surface area contributed by atoms with Crippen LogP contribution < -0.4 is 10.6 Å². The normalized spacial score (nSPS) is 19.1. The van der Waals surface area contributed by atoms with Crippen molar-refractivity contribution in [2.75, 3.05) is 17.3 Å². The Kier molecular flexibility index (Phi) is 6.42. The summed E-state index contributed by atoms with van der Waals surface area (Å²) in [6.45, 7) is 1.97. The molecule has 1 aliphatic rings. The van der Waals surface area contributed by atoms with Crippen LogP contribution in [0.25, 0.3) is 0 Å². The molecule has 1 saturated heterocycles. The Bertz CT molecular complexity index is 608. The molecule has 1 fully saturated rings. The monoisotopic (exact) mass is 448 g/mol. The second-order valence-corrected chi connectivity index (χ2v) is 7.41. The van der Waals surface area contributed by atoms with Crippen LogP contribution in [0, 0.1) is 3.57 Å². The minimum absolute atomic E-state index is 0.116. The molecule has 8 heteroatoms. The Labute approximate surface area is 152 Å². The van der Waals surface area contributed by atoms with Crippen molar-refractivity contribution in [1.29, 1.82) is 0 Å². The Hall–Kier alpha value is -1.13. The molecule has 1 heterocycles. The molecular weight excluding hydrogens is 431 g/mol. The Balaban J connectivity index is 1.98. The van der Waals surface area contributed by atoms with E-state index in [0.29, 0.717) is 5.69 Å². The second-order valence-electron chi connectivity index (χ2n) is 4.93. The van der Waals surface area contributed by atoms with Gasteiger partial charge in [0, 0.05) is 15.7 Å². The number of hydrogen-bond acceptors (Lipinski definition) is 6. The zero-order valence-electron chi connectivity index (χ0n) is 12.5. The molecule has 1 aliphatic heterocycles. The van der Waals surface area contributed by atoms with Crippen molar-refractivity contribution in [2.24, 2.45) is 5.73 Å². The summed E-state index contributed by atoms with van der Waals surface area (Å²) in [6.07, 6.45) is 0.116. The van der Waals surface area contributed by atoms with E-state index in [1.165, 1.54) is 16.7 Å².